The molecular weight excluding hydrogens is 290 g/mol. The minimum atomic E-state index is -0.281. The number of aromatic nitrogens is 4. The van der Waals surface area contributed by atoms with E-state index < -0.39 is 0 Å². The van der Waals surface area contributed by atoms with Crippen molar-refractivity contribution >= 4 is 23.3 Å². The molecule has 6 nitrogen and oxygen atoms in total. The molecule has 1 N–H and O–H groups in total. The van der Waals surface area contributed by atoms with Crippen LogP contribution in [-0.2, 0) is 4.79 Å². The van der Waals surface area contributed by atoms with Gasteiger partial charge in [0.05, 0.1) is 0 Å². The number of halogens is 1. The van der Waals surface area contributed by atoms with Gasteiger partial charge in [0.1, 0.15) is 6.04 Å². The normalized spacial score (nSPS) is 20.8. The summed E-state index contributed by atoms with van der Waals surface area (Å²) >= 11 is 5.96. The van der Waals surface area contributed by atoms with E-state index in [9.17, 15) is 4.79 Å². The van der Waals surface area contributed by atoms with Gasteiger partial charge < -0.3 is 5.32 Å². The van der Waals surface area contributed by atoms with Crippen LogP contribution in [0.3, 0.4) is 0 Å². The van der Waals surface area contributed by atoms with Gasteiger partial charge in [-0.1, -0.05) is 28.8 Å². The molecule has 1 aliphatic carbocycles. The molecule has 0 saturated carbocycles. The van der Waals surface area contributed by atoms with Gasteiger partial charge in [0.15, 0.2) is 5.78 Å². The molecule has 4 rings (SSSR count). The molecule has 0 radical (unpaired) electrons. The number of ketones is 1. The molecule has 0 spiro atoms. The minimum absolute atomic E-state index is 0.157. The van der Waals surface area contributed by atoms with Crippen LogP contribution in [-0.4, -0.2) is 26.0 Å². The Morgan fingerprint density at radius 3 is 2.86 bits per heavy atom. The van der Waals surface area contributed by atoms with Crippen molar-refractivity contribution in [1.82, 2.24) is 20.2 Å². The van der Waals surface area contributed by atoms with E-state index in [0.717, 1.165) is 29.7 Å². The van der Waals surface area contributed by atoms with Gasteiger partial charge in [-0.05, 0) is 41.0 Å². The first-order valence-electron chi connectivity index (χ1n) is 6.80. The summed E-state index contributed by atoms with van der Waals surface area (Å²) in [5, 5.41) is 15.6. The lowest BCUT2D eigenvalue weighted by Gasteiger charge is -2.31. The highest BCUT2D eigenvalue weighted by Gasteiger charge is 2.36. The Morgan fingerprint density at radius 2 is 2.05 bits per heavy atom. The quantitative estimate of drug-likeness (QED) is 0.875. The van der Waals surface area contributed by atoms with Crippen LogP contribution >= 0.6 is 11.6 Å². The maximum Gasteiger partial charge on any atom is 0.248 e. The average molecular weight is 302 g/mol. The Kier molecular flexibility index (Phi) is 2.78. The van der Waals surface area contributed by atoms with Crippen molar-refractivity contribution in [2.75, 3.05) is 5.32 Å². The van der Waals surface area contributed by atoms with Crippen molar-refractivity contribution in [1.29, 1.82) is 0 Å². The average Bonchev–Trinajstić information content (AvgIpc) is 2.94. The molecule has 2 heterocycles. The van der Waals surface area contributed by atoms with Crippen molar-refractivity contribution in [2.45, 2.75) is 25.3 Å². The summed E-state index contributed by atoms with van der Waals surface area (Å²) in [6.45, 7) is 0. The largest absolute Gasteiger partial charge is 0.326 e. The maximum atomic E-state index is 12.4. The molecule has 1 atom stereocenters. The third-order valence-corrected chi connectivity index (χ3v) is 4.17. The first kappa shape index (κ1) is 12.5. The number of hydrogen-bond donors (Lipinski definition) is 1. The van der Waals surface area contributed by atoms with Crippen LogP contribution in [0.25, 0.3) is 0 Å². The number of nitrogens with zero attached hydrogens (tertiary/aromatic N) is 4. The molecule has 0 fully saturated rings. The number of rotatable bonds is 1. The summed E-state index contributed by atoms with van der Waals surface area (Å²) in [4.78, 5) is 12.4. The van der Waals surface area contributed by atoms with Crippen molar-refractivity contribution in [3.05, 3.63) is 46.1 Å². The lowest BCUT2D eigenvalue weighted by Crippen LogP contribution is -2.31. The molecule has 7 heteroatoms. The fourth-order valence-electron chi connectivity index (χ4n) is 2.97. The first-order valence-corrected chi connectivity index (χ1v) is 7.18. The summed E-state index contributed by atoms with van der Waals surface area (Å²) in [5.41, 5.74) is 2.66. The van der Waals surface area contributed by atoms with Crippen LogP contribution in [0.2, 0.25) is 5.02 Å². The second-order valence-corrected chi connectivity index (χ2v) is 5.63. The van der Waals surface area contributed by atoms with Gasteiger partial charge in [0.2, 0.25) is 5.95 Å². The fraction of sp³-hybridized carbons (Fsp3) is 0.286. The Hall–Kier alpha value is -2.21. The minimum Gasteiger partial charge on any atom is -0.326 e. The van der Waals surface area contributed by atoms with Crippen LogP contribution in [0.5, 0.6) is 0 Å². The van der Waals surface area contributed by atoms with E-state index in [1.165, 1.54) is 0 Å². The third kappa shape index (κ3) is 1.94. The lowest BCUT2D eigenvalue weighted by molar-refractivity contribution is -0.116. The van der Waals surface area contributed by atoms with E-state index in [0.29, 0.717) is 17.4 Å². The molecule has 2 aromatic rings. The van der Waals surface area contributed by atoms with E-state index in [1.54, 1.807) is 4.68 Å². The Morgan fingerprint density at radius 1 is 1.24 bits per heavy atom. The highest BCUT2D eigenvalue weighted by molar-refractivity contribution is 6.30. The summed E-state index contributed by atoms with van der Waals surface area (Å²) in [6, 6.07) is 7.18. The summed E-state index contributed by atoms with van der Waals surface area (Å²) < 4.78 is 1.66. The van der Waals surface area contributed by atoms with E-state index in [1.807, 2.05) is 24.3 Å². The van der Waals surface area contributed by atoms with Gasteiger partial charge in [0, 0.05) is 22.7 Å². The van der Waals surface area contributed by atoms with Gasteiger partial charge >= 0.3 is 0 Å². The van der Waals surface area contributed by atoms with Crippen LogP contribution in [0.4, 0.5) is 5.95 Å². The highest BCUT2D eigenvalue weighted by Crippen LogP contribution is 2.39. The molecule has 21 heavy (non-hydrogen) atoms. The van der Waals surface area contributed by atoms with Crippen molar-refractivity contribution < 1.29 is 4.79 Å². The maximum absolute atomic E-state index is 12.4. The smallest absolute Gasteiger partial charge is 0.248 e. The molecule has 0 amide bonds. The Bertz CT molecular complexity index is 749. The van der Waals surface area contributed by atoms with Gasteiger partial charge in [-0.15, -0.1) is 0 Å². The zero-order chi connectivity index (χ0) is 14.4. The molecular formula is C14H12ClN5O. The predicted octanol–water partition coefficient (Wildman–Crippen LogP) is 2.35. The molecule has 1 aromatic heterocycles. The number of fused-ring (bicyclic) bond motifs is 1. The van der Waals surface area contributed by atoms with Gasteiger partial charge in [-0.3, -0.25) is 4.79 Å². The first-order chi connectivity index (χ1) is 10.2. The number of carbonyl (C=O) groups is 1. The Labute approximate surface area is 125 Å². The summed E-state index contributed by atoms with van der Waals surface area (Å²) in [5.74, 6) is 0.730. The number of benzene rings is 1. The number of Topliss-reactive ketones (excluding diaryl/α,β-unsaturated/α-hetero) is 1. The van der Waals surface area contributed by atoms with Crippen molar-refractivity contribution in [3.8, 4) is 0 Å². The van der Waals surface area contributed by atoms with Crippen LogP contribution in [0, 0.1) is 0 Å². The number of carbonyl (C=O) groups excluding carboxylic acids is 1. The number of tetrazole rings is 1. The Balaban J connectivity index is 1.91. The van der Waals surface area contributed by atoms with Gasteiger partial charge in [-0.2, -0.15) is 4.68 Å². The van der Waals surface area contributed by atoms with E-state index in [2.05, 4.69) is 20.8 Å². The number of nitrogens with one attached hydrogen (secondary N) is 1. The number of hydrogen-bond acceptors (Lipinski definition) is 5. The third-order valence-electron chi connectivity index (χ3n) is 3.92. The molecule has 106 valence electrons. The van der Waals surface area contributed by atoms with Crippen molar-refractivity contribution in [3.63, 3.8) is 0 Å². The van der Waals surface area contributed by atoms with Crippen LogP contribution in [0.1, 0.15) is 30.9 Å². The molecule has 2 aliphatic rings. The second-order valence-electron chi connectivity index (χ2n) is 5.20. The number of allylic oxidation sites excluding steroid dienone is 2. The number of anilines is 1. The predicted molar refractivity (Wildman–Crippen MR) is 76.9 cm³/mol. The standard InChI is InChI=1S/C14H12ClN5O/c15-9-6-4-8(5-7-9)13-12-10(2-1-3-11(12)21)16-14-17-18-19-20(13)14/h4-7,13H,1-3H2,(H,16,17,19). The molecule has 1 aliphatic heterocycles. The zero-order valence-corrected chi connectivity index (χ0v) is 11.8. The molecule has 0 saturated heterocycles. The second kappa shape index (κ2) is 4.66. The fourth-order valence-corrected chi connectivity index (χ4v) is 3.10. The van der Waals surface area contributed by atoms with Crippen LogP contribution < -0.4 is 5.32 Å². The van der Waals surface area contributed by atoms with Gasteiger partial charge in [-0.25, -0.2) is 0 Å². The topological polar surface area (TPSA) is 72.7 Å². The lowest BCUT2D eigenvalue weighted by atomic mass is 9.85. The molecule has 1 aromatic carbocycles. The summed E-state index contributed by atoms with van der Waals surface area (Å²) in [7, 11) is 0. The van der Waals surface area contributed by atoms with E-state index in [4.69, 9.17) is 11.6 Å². The molecule has 1 unspecified atom stereocenters. The summed E-state index contributed by atoms with van der Waals surface area (Å²) in [6.07, 6.45) is 2.28. The van der Waals surface area contributed by atoms with E-state index in [-0.39, 0.29) is 11.8 Å². The monoisotopic (exact) mass is 301 g/mol. The van der Waals surface area contributed by atoms with E-state index >= 15 is 0 Å². The van der Waals surface area contributed by atoms with Gasteiger partial charge in [0.25, 0.3) is 0 Å². The zero-order valence-electron chi connectivity index (χ0n) is 11.1. The van der Waals surface area contributed by atoms with Crippen LogP contribution in [0.15, 0.2) is 35.5 Å². The SMILES string of the molecule is O=C1CCCC2=C1C(c1ccc(Cl)cc1)n1nnnc1N2. The highest BCUT2D eigenvalue weighted by atomic mass is 35.5. The van der Waals surface area contributed by atoms with Crippen molar-refractivity contribution in [2.24, 2.45) is 0 Å². The molecule has 0 bridgehead atoms.